The van der Waals surface area contributed by atoms with Crippen molar-refractivity contribution < 1.29 is 19.4 Å². The molecule has 0 saturated heterocycles. The van der Waals surface area contributed by atoms with E-state index in [0.717, 1.165) is 12.0 Å². The van der Waals surface area contributed by atoms with E-state index < -0.39 is 23.5 Å². The van der Waals surface area contributed by atoms with Crippen LogP contribution < -0.4 is 0 Å². The molecule has 1 aromatic carbocycles. The summed E-state index contributed by atoms with van der Waals surface area (Å²) in [6.07, 6.45) is 0.633. The Kier molecular flexibility index (Phi) is 4.56. The molecule has 1 N–H and O–H groups in total. The number of carboxylic acids is 1. The van der Waals surface area contributed by atoms with Crippen molar-refractivity contribution in [1.82, 2.24) is 0 Å². The van der Waals surface area contributed by atoms with Crippen LogP contribution in [0.5, 0.6) is 0 Å². The number of carboxylic acid groups (broad SMARTS) is 1. The first-order chi connectivity index (χ1) is 10.5. The van der Waals surface area contributed by atoms with Crippen LogP contribution in [0.3, 0.4) is 0 Å². The molecule has 2 rings (SSSR count). The number of benzene rings is 1. The zero-order valence-corrected chi connectivity index (χ0v) is 14.6. The highest BCUT2D eigenvalue weighted by atomic mass is 16.6. The van der Waals surface area contributed by atoms with Crippen LogP contribution in [-0.2, 0) is 19.7 Å². The van der Waals surface area contributed by atoms with Gasteiger partial charge in [0, 0.05) is 0 Å². The smallest absolute Gasteiger partial charge is 0.307 e. The maximum atomic E-state index is 12.1. The first kappa shape index (κ1) is 17.5. The minimum atomic E-state index is -0.937. The molecule has 1 aromatic rings. The van der Waals surface area contributed by atoms with Crippen molar-refractivity contribution >= 4 is 11.9 Å². The molecule has 0 amide bonds. The Labute approximate surface area is 137 Å². The predicted octanol–water partition coefficient (Wildman–Crippen LogP) is 3.88. The van der Waals surface area contributed by atoms with E-state index in [4.69, 9.17) is 4.74 Å². The van der Waals surface area contributed by atoms with Crippen molar-refractivity contribution in [3.05, 3.63) is 35.4 Å². The van der Waals surface area contributed by atoms with E-state index in [0.29, 0.717) is 0 Å². The third kappa shape index (κ3) is 3.92. The summed E-state index contributed by atoms with van der Waals surface area (Å²) in [5.41, 5.74) is 1.55. The van der Waals surface area contributed by atoms with Gasteiger partial charge in [0.05, 0.1) is 12.3 Å². The maximum Gasteiger partial charge on any atom is 0.307 e. The minimum absolute atomic E-state index is 0.0805. The Hall–Kier alpha value is -1.84. The zero-order valence-electron chi connectivity index (χ0n) is 14.6. The lowest BCUT2D eigenvalue weighted by Gasteiger charge is -2.25. The van der Waals surface area contributed by atoms with Crippen LogP contribution in [0, 0.1) is 5.92 Å². The van der Waals surface area contributed by atoms with Crippen LogP contribution in [0.1, 0.15) is 64.5 Å². The Morgan fingerprint density at radius 2 is 1.91 bits per heavy atom. The molecule has 0 radical (unpaired) electrons. The number of hydrogen-bond acceptors (Lipinski definition) is 3. The van der Waals surface area contributed by atoms with Gasteiger partial charge in [-0.15, -0.1) is 0 Å². The second-order valence-electron chi connectivity index (χ2n) is 8.02. The summed E-state index contributed by atoms with van der Waals surface area (Å²) in [7, 11) is 0. The summed E-state index contributed by atoms with van der Waals surface area (Å²) >= 11 is 0. The van der Waals surface area contributed by atoms with E-state index >= 15 is 0 Å². The molecule has 4 nitrogen and oxygen atoms in total. The Balaban J connectivity index is 2.26. The Morgan fingerprint density at radius 1 is 1.30 bits per heavy atom. The first-order valence-electron chi connectivity index (χ1n) is 8.05. The topological polar surface area (TPSA) is 63.6 Å². The lowest BCUT2D eigenvalue weighted by molar-refractivity contribution is -0.160. The first-order valence-corrected chi connectivity index (χ1v) is 8.05. The normalized spacial score (nSPS) is 20.7. The fourth-order valence-corrected chi connectivity index (χ4v) is 3.53. The maximum absolute atomic E-state index is 12.1. The van der Waals surface area contributed by atoms with Gasteiger partial charge in [-0.1, -0.05) is 38.1 Å². The summed E-state index contributed by atoms with van der Waals surface area (Å²) in [4.78, 5) is 23.9. The zero-order chi connectivity index (χ0) is 17.4. The quantitative estimate of drug-likeness (QED) is 0.856. The highest BCUT2D eigenvalue weighted by Crippen LogP contribution is 2.49. The van der Waals surface area contributed by atoms with Crippen molar-refractivity contribution in [2.75, 3.05) is 0 Å². The number of carbonyl (C=O) groups excluding carboxylic acids is 1. The number of hydrogen-bond donors (Lipinski definition) is 1. The molecule has 126 valence electrons. The van der Waals surface area contributed by atoms with Gasteiger partial charge in [0.2, 0.25) is 0 Å². The Bertz CT molecular complexity index is 610. The third-order valence-corrected chi connectivity index (χ3v) is 4.43. The number of fused-ring (bicyclic) bond motifs is 1. The van der Waals surface area contributed by atoms with Crippen LogP contribution in [0.2, 0.25) is 0 Å². The number of carbonyl (C=O) groups is 2. The molecule has 2 atom stereocenters. The molecule has 1 unspecified atom stereocenters. The largest absolute Gasteiger partial charge is 0.481 e. The fraction of sp³-hybridized carbons (Fsp3) is 0.579. The Morgan fingerprint density at radius 3 is 2.48 bits per heavy atom. The average Bonchev–Trinajstić information content (AvgIpc) is 2.66. The number of esters is 1. The molecule has 0 bridgehead atoms. The molecule has 1 aliphatic carbocycles. The highest BCUT2D eigenvalue weighted by Gasteiger charge is 2.43. The summed E-state index contributed by atoms with van der Waals surface area (Å²) in [6.45, 7) is 9.61. The van der Waals surface area contributed by atoms with Gasteiger partial charge < -0.3 is 9.84 Å². The van der Waals surface area contributed by atoms with Crippen LogP contribution in [-0.4, -0.2) is 22.6 Å². The molecule has 0 aromatic heterocycles. The second-order valence-corrected chi connectivity index (χ2v) is 8.02. The molecule has 0 saturated carbocycles. The van der Waals surface area contributed by atoms with E-state index in [-0.39, 0.29) is 17.8 Å². The SMILES string of the molecule is CC(C)(C)OC(=O)CC(C(=O)O)[C@H]1CC(C)(C)c2ccccc21. The summed E-state index contributed by atoms with van der Waals surface area (Å²) in [6, 6.07) is 7.95. The lowest BCUT2D eigenvalue weighted by atomic mass is 9.81. The highest BCUT2D eigenvalue weighted by molar-refractivity contribution is 5.80. The van der Waals surface area contributed by atoms with Crippen LogP contribution >= 0.6 is 0 Å². The molecule has 23 heavy (non-hydrogen) atoms. The van der Waals surface area contributed by atoms with E-state index in [1.807, 2.05) is 18.2 Å². The molecule has 4 heteroatoms. The van der Waals surface area contributed by atoms with Crippen LogP contribution in [0.15, 0.2) is 24.3 Å². The molecule has 0 spiro atoms. The van der Waals surface area contributed by atoms with E-state index in [1.165, 1.54) is 5.56 Å². The molecule has 0 fully saturated rings. The van der Waals surface area contributed by atoms with E-state index in [2.05, 4.69) is 19.9 Å². The molecular formula is C19H26O4. The van der Waals surface area contributed by atoms with Gasteiger partial charge in [-0.25, -0.2) is 0 Å². The molecular weight excluding hydrogens is 292 g/mol. The molecule has 1 aliphatic rings. The minimum Gasteiger partial charge on any atom is -0.481 e. The summed E-state index contributed by atoms with van der Waals surface area (Å²) in [5, 5.41) is 9.67. The summed E-state index contributed by atoms with van der Waals surface area (Å²) in [5.74, 6) is -2.31. The predicted molar refractivity (Wildman–Crippen MR) is 88.4 cm³/mol. The van der Waals surface area contributed by atoms with Gasteiger partial charge in [-0.3, -0.25) is 9.59 Å². The van der Waals surface area contributed by atoms with Crippen molar-refractivity contribution in [1.29, 1.82) is 0 Å². The number of rotatable bonds is 4. The van der Waals surface area contributed by atoms with Crippen molar-refractivity contribution in [3.8, 4) is 0 Å². The number of aliphatic carboxylic acids is 1. The van der Waals surface area contributed by atoms with Gasteiger partial charge >= 0.3 is 11.9 Å². The van der Waals surface area contributed by atoms with Crippen molar-refractivity contribution in [2.24, 2.45) is 5.92 Å². The summed E-state index contributed by atoms with van der Waals surface area (Å²) < 4.78 is 5.32. The van der Waals surface area contributed by atoms with Crippen molar-refractivity contribution in [3.63, 3.8) is 0 Å². The lowest BCUT2D eigenvalue weighted by Crippen LogP contribution is -2.30. The fourth-order valence-electron chi connectivity index (χ4n) is 3.53. The molecule has 0 aliphatic heterocycles. The van der Waals surface area contributed by atoms with Gasteiger partial charge in [-0.2, -0.15) is 0 Å². The van der Waals surface area contributed by atoms with Crippen molar-refractivity contribution in [2.45, 2.75) is 64.4 Å². The second kappa shape index (κ2) is 5.99. The van der Waals surface area contributed by atoms with Gasteiger partial charge in [0.15, 0.2) is 0 Å². The van der Waals surface area contributed by atoms with Crippen LogP contribution in [0.4, 0.5) is 0 Å². The van der Waals surface area contributed by atoms with E-state index in [9.17, 15) is 14.7 Å². The van der Waals surface area contributed by atoms with Crippen LogP contribution in [0.25, 0.3) is 0 Å². The monoisotopic (exact) mass is 318 g/mol. The average molecular weight is 318 g/mol. The van der Waals surface area contributed by atoms with E-state index in [1.54, 1.807) is 20.8 Å². The van der Waals surface area contributed by atoms with Gasteiger partial charge in [0.25, 0.3) is 0 Å². The standard InChI is InChI=1S/C19H26O4/c1-18(2,3)23-16(20)10-13(17(21)22)14-11-19(4,5)15-9-7-6-8-12(14)15/h6-9,13-14H,10-11H2,1-5H3,(H,21,22)/t13?,14-/m0/s1. The van der Waals surface area contributed by atoms with Gasteiger partial charge in [0.1, 0.15) is 5.60 Å². The molecule has 0 heterocycles. The number of ether oxygens (including phenoxy) is 1. The third-order valence-electron chi connectivity index (χ3n) is 4.43. The van der Waals surface area contributed by atoms with Gasteiger partial charge in [-0.05, 0) is 49.7 Å².